The number of ether oxygens (including phenoxy) is 1. The average Bonchev–Trinajstić information content (AvgIpc) is 3.81. The van der Waals surface area contributed by atoms with E-state index in [1.54, 1.807) is 0 Å². The molecule has 0 fully saturated rings. The first kappa shape index (κ1) is 28.4. The van der Waals surface area contributed by atoms with Crippen LogP contribution in [-0.4, -0.2) is 23.8 Å². The number of nitrogens with zero attached hydrogens (tertiary/aromatic N) is 5. The standard InChI is InChI=1S/C41H23N5O.Pt/c1-3-9-26(10-4-1)30-13-7-14-33-31-18-16-28(23-35(31)39-43-21-22-45(39)38(30)33)47-29-17-19-32-34-15-8-20-42-40(34)46-37(27-11-5-2-6-12-27)25-44-41(46)36(32)24-29;/h1-22,25H;/q-2;+2. The van der Waals surface area contributed by atoms with Crippen LogP contribution in [0.5, 0.6) is 11.5 Å². The van der Waals surface area contributed by atoms with Crippen LogP contribution < -0.4 is 4.74 Å². The Morgan fingerprint density at radius 1 is 0.521 bits per heavy atom. The van der Waals surface area contributed by atoms with Gasteiger partial charge in [-0.25, -0.2) is 4.98 Å². The van der Waals surface area contributed by atoms with Crippen LogP contribution in [0.1, 0.15) is 0 Å². The van der Waals surface area contributed by atoms with Crippen LogP contribution in [0.15, 0.2) is 140 Å². The SMILES string of the molecule is [Pt+2].[c-]1c(Oc2[c-]c3c(cc2)c2cccnc2n2c(-c4ccccc4)cnc32)ccc2c1c1nccn1c1c(-c3ccccc3)cccc21. The molecule has 5 aromatic carbocycles. The van der Waals surface area contributed by atoms with E-state index in [1.807, 2.05) is 67.3 Å². The molecule has 0 atom stereocenters. The number of hydrogen-bond acceptors (Lipinski definition) is 4. The number of rotatable bonds is 4. The molecule has 0 amide bonds. The molecule has 7 heteroatoms. The fraction of sp³-hybridized carbons (Fsp3) is 0. The Morgan fingerprint density at radius 2 is 1.19 bits per heavy atom. The van der Waals surface area contributed by atoms with E-state index in [-0.39, 0.29) is 21.1 Å². The van der Waals surface area contributed by atoms with Crippen LogP contribution in [0.2, 0.25) is 0 Å². The minimum atomic E-state index is 0. The molecule has 0 saturated heterocycles. The molecule has 0 aliphatic rings. The monoisotopic (exact) mass is 796 g/mol. The van der Waals surface area contributed by atoms with E-state index in [4.69, 9.17) is 19.7 Å². The van der Waals surface area contributed by atoms with Crippen molar-refractivity contribution in [3.63, 3.8) is 0 Å². The predicted octanol–water partition coefficient (Wildman–Crippen LogP) is 9.71. The summed E-state index contributed by atoms with van der Waals surface area (Å²) < 4.78 is 10.7. The number of pyridine rings is 3. The quantitative estimate of drug-likeness (QED) is 0.132. The van der Waals surface area contributed by atoms with Gasteiger partial charge in [0.25, 0.3) is 0 Å². The Morgan fingerprint density at radius 3 is 1.96 bits per heavy atom. The van der Waals surface area contributed by atoms with Crippen molar-refractivity contribution >= 4 is 54.8 Å². The molecular weight excluding hydrogens is 774 g/mol. The Balaban J connectivity index is 0.00000314. The van der Waals surface area contributed by atoms with Crippen LogP contribution in [0.3, 0.4) is 0 Å². The molecule has 10 aromatic rings. The second kappa shape index (κ2) is 11.1. The van der Waals surface area contributed by atoms with E-state index in [9.17, 15) is 0 Å². The summed E-state index contributed by atoms with van der Waals surface area (Å²) in [5, 5.41) is 5.99. The number of imidazole rings is 2. The van der Waals surface area contributed by atoms with Gasteiger partial charge in [-0.15, -0.1) is 12.1 Å². The summed E-state index contributed by atoms with van der Waals surface area (Å²) in [5.74, 6) is 1.16. The number of hydrogen-bond donors (Lipinski definition) is 0. The van der Waals surface area contributed by atoms with Crippen LogP contribution in [0.4, 0.5) is 0 Å². The molecule has 0 radical (unpaired) electrons. The maximum Gasteiger partial charge on any atom is 2.00 e. The Hall–Kier alpha value is -5.84. The van der Waals surface area contributed by atoms with Gasteiger partial charge in [-0.2, -0.15) is 0 Å². The Kier molecular flexibility index (Phi) is 6.59. The van der Waals surface area contributed by atoms with Gasteiger partial charge in [0, 0.05) is 47.4 Å². The summed E-state index contributed by atoms with van der Waals surface area (Å²) in [7, 11) is 0. The molecule has 0 saturated carbocycles. The maximum absolute atomic E-state index is 6.48. The molecule has 6 nitrogen and oxygen atoms in total. The first-order valence-corrected chi connectivity index (χ1v) is 15.4. The number of fused-ring (bicyclic) bond motifs is 12. The van der Waals surface area contributed by atoms with Crippen LogP contribution in [-0.2, 0) is 21.1 Å². The van der Waals surface area contributed by atoms with Gasteiger partial charge in [-0.3, -0.25) is 9.97 Å². The second-order valence-corrected chi connectivity index (χ2v) is 11.6. The summed E-state index contributed by atoms with van der Waals surface area (Å²) in [4.78, 5) is 14.4. The normalized spacial score (nSPS) is 11.6. The van der Waals surface area contributed by atoms with Crippen LogP contribution >= 0.6 is 0 Å². The maximum atomic E-state index is 6.48. The molecular formula is C41H23N5OPt. The average molecular weight is 797 g/mol. The molecule has 5 heterocycles. The summed E-state index contributed by atoms with van der Waals surface area (Å²) in [5.41, 5.74) is 7.93. The van der Waals surface area contributed by atoms with Gasteiger partial charge in [0.15, 0.2) is 0 Å². The molecule has 0 N–H and O–H groups in total. The van der Waals surface area contributed by atoms with Crippen molar-refractivity contribution in [1.82, 2.24) is 23.8 Å². The van der Waals surface area contributed by atoms with Crippen molar-refractivity contribution in [2.24, 2.45) is 0 Å². The second-order valence-electron chi connectivity index (χ2n) is 11.6. The first-order chi connectivity index (χ1) is 23.3. The van der Waals surface area contributed by atoms with Crippen molar-refractivity contribution in [2.45, 2.75) is 0 Å². The predicted molar refractivity (Wildman–Crippen MR) is 187 cm³/mol. The van der Waals surface area contributed by atoms with Crippen molar-refractivity contribution in [3.05, 3.63) is 152 Å². The van der Waals surface area contributed by atoms with Crippen molar-refractivity contribution in [2.75, 3.05) is 0 Å². The molecule has 48 heavy (non-hydrogen) atoms. The van der Waals surface area contributed by atoms with Gasteiger partial charge in [0.05, 0.1) is 17.0 Å². The fourth-order valence-corrected chi connectivity index (χ4v) is 6.87. The van der Waals surface area contributed by atoms with Gasteiger partial charge in [0.2, 0.25) is 0 Å². The van der Waals surface area contributed by atoms with E-state index in [0.717, 1.165) is 77.2 Å². The summed E-state index contributed by atoms with van der Waals surface area (Å²) in [6, 6.07) is 46.4. The van der Waals surface area contributed by atoms with Gasteiger partial charge in [-0.05, 0) is 28.0 Å². The Labute approximate surface area is 289 Å². The van der Waals surface area contributed by atoms with Gasteiger partial charge in [-0.1, -0.05) is 131 Å². The molecule has 0 unspecified atom stereocenters. The topological polar surface area (TPSA) is 56.7 Å². The van der Waals surface area contributed by atoms with Gasteiger partial charge >= 0.3 is 21.1 Å². The third kappa shape index (κ3) is 4.26. The zero-order valence-electron chi connectivity index (χ0n) is 25.2. The van der Waals surface area contributed by atoms with Gasteiger partial charge in [0.1, 0.15) is 5.65 Å². The van der Waals surface area contributed by atoms with Crippen molar-refractivity contribution in [3.8, 4) is 33.9 Å². The Bertz CT molecular complexity index is 2830. The molecule has 5 aromatic heterocycles. The van der Waals surface area contributed by atoms with E-state index in [1.165, 1.54) is 0 Å². The van der Waals surface area contributed by atoms with E-state index >= 15 is 0 Å². The van der Waals surface area contributed by atoms with Crippen LogP contribution in [0, 0.1) is 12.1 Å². The molecule has 10 rings (SSSR count). The summed E-state index contributed by atoms with van der Waals surface area (Å²) in [6.07, 6.45) is 7.58. The van der Waals surface area contributed by atoms with E-state index < -0.39 is 0 Å². The third-order valence-corrected chi connectivity index (χ3v) is 8.92. The fourth-order valence-electron chi connectivity index (χ4n) is 6.87. The molecule has 0 bridgehead atoms. The van der Waals surface area contributed by atoms with Gasteiger partial charge < -0.3 is 13.5 Å². The first-order valence-electron chi connectivity index (χ1n) is 15.4. The largest absolute Gasteiger partial charge is 2.00 e. The molecule has 0 aliphatic carbocycles. The van der Waals surface area contributed by atoms with Crippen molar-refractivity contribution < 1.29 is 25.8 Å². The smallest absolute Gasteiger partial charge is 0.497 e. The number of para-hydroxylation sites is 1. The number of benzene rings is 5. The molecule has 228 valence electrons. The minimum Gasteiger partial charge on any atom is -0.497 e. The zero-order chi connectivity index (χ0) is 30.9. The summed E-state index contributed by atoms with van der Waals surface area (Å²) in [6.45, 7) is 0. The van der Waals surface area contributed by atoms with E-state index in [0.29, 0.717) is 11.5 Å². The zero-order valence-corrected chi connectivity index (χ0v) is 27.5. The van der Waals surface area contributed by atoms with E-state index in [2.05, 4.69) is 93.7 Å². The van der Waals surface area contributed by atoms with Crippen molar-refractivity contribution in [1.29, 1.82) is 0 Å². The molecule has 0 aliphatic heterocycles. The van der Waals surface area contributed by atoms with Crippen LogP contribution in [0.25, 0.3) is 77.2 Å². The number of aromatic nitrogens is 5. The molecule has 0 spiro atoms. The third-order valence-electron chi connectivity index (χ3n) is 8.92. The summed E-state index contributed by atoms with van der Waals surface area (Å²) >= 11 is 0. The minimum absolute atomic E-state index is 0.